The molecule has 0 bridgehead atoms. The van der Waals surface area contributed by atoms with E-state index in [2.05, 4.69) is 55.3 Å². The maximum Gasteiger partial charge on any atom is 0.266 e. The van der Waals surface area contributed by atoms with Crippen LogP contribution in [0.4, 0.5) is 5.82 Å². The molecule has 47 heavy (non-hydrogen) atoms. The number of hydrogen-bond donors (Lipinski definition) is 2. The van der Waals surface area contributed by atoms with E-state index in [1.54, 1.807) is 6.20 Å². The Balaban J connectivity index is 1.63. The topological polar surface area (TPSA) is 99.4 Å². The second-order valence-electron chi connectivity index (χ2n) is 12.9. The summed E-state index contributed by atoms with van der Waals surface area (Å²) in [5, 5.41) is 13.1. The first-order valence-electron chi connectivity index (χ1n) is 17.6. The fraction of sp³-hybridized carbons (Fsp3) is 0.475. The molecule has 2 aromatic carbocycles. The lowest BCUT2D eigenvalue weighted by Crippen LogP contribution is -2.34. The number of ether oxygens (including phenoxy) is 1. The molecule has 0 fully saturated rings. The van der Waals surface area contributed by atoms with E-state index in [1.165, 1.54) is 28.9 Å². The van der Waals surface area contributed by atoms with Crippen LogP contribution in [0.1, 0.15) is 119 Å². The number of anilines is 1. The Morgan fingerprint density at radius 1 is 0.894 bits per heavy atom. The highest BCUT2D eigenvalue weighted by atomic mass is 16.5. The maximum atomic E-state index is 13.9. The zero-order valence-corrected chi connectivity index (χ0v) is 29.0. The van der Waals surface area contributed by atoms with Crippen molar-refractivity contribution in [2.75, 3.05) is 5.32 Å². The number of carbonyl (C=O) groups is 1. The Kier molecular flexibility index (Phi) is 13.3. The molecule has 0 aliphatic rings. The SMILES string of the molecule is CCCCCCC(Oc1ccc(CCCCC)cc1CCCCC)C(=O)Nc1cc(=O)n2cc(-c3ccc(C)cc3C)c(C#N)c2[nH]1. The molecule has 2 N–H and O–H groups in total. The second kappa shape index (κ2) is 17.6. The van der Waals surface area contributed by atoms with Gasteiger partial charge in [0.1, 0.15) is 28.8 Å². The molecule has 1 amide bonds. The van der Waals surface area contributed by atoms with Crippen molar-refractivity contribution in [2.24, 2.45) is 0 Å². The quantitative estimate of drug-likeness (QED) is 0.106. The number of H-pyrrole nitrogens is 1. The van der Waals surface area contributed by atoms with Gasteiger partial charge in [0.05, 0.1) is 0 Å². The van der Waals surface area contributed by atoms with E-state index in [-0.39, 0.29) is 17.3 Å². The number of aryl methyl sites for hydroxylation is 4. The van der Waals surface area contributed by atoms with Crippen LogP contribution in [0, 0.1) is 25.2 Å². The summed E-state index contributed by atoms with van der Waals surface area (Å²) in [7, 11) is 0. The molecule has 7 heteroatoms. The number of unbranched alkanes of at least 4 members (excludes halogenated alkanes) is 7. The third-order valence-corrected chi connectivity index (χ3v) is 8.93. The fourth-order valence-electron chi connectivity index (χ4n) is 6.27. The molecule has 4 aromatic rings. The van der Waals surface area contributed by atoms with Crippen molar-refractivity contribution >= 4 is 17.4 Å². The summed E-state index contributed by atoms with van der Waals surface area (Å²) >= 11 is 0. The summed E-state index contributed by atoms with van der Waals surface area (Å²) in [6.07, 6.45) is 14.5. The summed E-state index contributed by atoms with van der Waals surface area (Å²) in [6.45, 7) is 10.6. The van der Waals surface area contributed by atoms with Crippen molar-refractivity contribution in [3.05, 3.63) is 86.8 Å². The molecule has 1 atom stereocenters. The average molecular weight is 637 g/mol. The van der Waals surface area contributed by atoms with E-state index in [0.29, 0.717) is 23.2 Å². The minimum atomic E-state index is -0.726. The Labute approximate surface area is 280 Å². The zero-order chi connectivity index (χ0) is 33.8. The van der Waals surface area contributed by atoms with Gasteiger partial charge in [0.15, 0.2) is 6.10 Å². The highest BCUT2D eigenvalue weighted by Crippen LogP contribution is 2.31. The van der Waals surface area contributed by atoms with Crippen molar-refractivity contribution in [3.63, 3.8) is 0 Å². The summed E-state index contributed by atoms with van der Waals surface area (Å²) < 4.78 is 7.99. The van der Waals surface area contributed by atoms with E-state index in [1.807, 2.05) is 32.0 Å². The van der Waals surface area contributed by atoms with Crippen LogP contribution in [0.15, 0.2) is 53.5 Å². The number of aromatic amines is 1. The van der Waals surface area contributed by atoms with E-state index < -0.39 is 6.10 Å². The standard InChI is InChI=1S/C40H52N4O3/c1-6-9-12-15-18-36(47-35-22-20-30(16-13-10-7-2)24-31(35)17-14-11-8-3)40(46)43-37-25-38(45)44-27-34(33(26-41)39(44)42-37)32-21-19-28(4)23-29(32)5/h19-25,27,36,42H,6-18H2,1-5H3,(H,43,46). The molecule has 7 nitrogen and oxygen atoms in total. The van der Waals surface area contributed by atoms with Gasteiger partial charge in [-0.05, 0) is 80.7 Å². The molecule has 0 radical (unpaired) electrons. The normalized spacial score (nSPS) is 11.8. The van der Waals surface area contributed by atoms with E-state index in [4.69, 9.17) is 4.74 Å². The van der Waals surface area contributed by atoms with Gasteiger partial charge in [-0.1, -0.05) is 102 Å². The van der Waals surface area contributed by atoms with Gasteiger partial charge in [0.2, 0.25) is 0 Å². The van der Waals surface area contributed by atoms with E-state index >= 15 is 0 Å². The number of nitriles is 1. The van der Waals surface area contributed by atoms with Gasteiger partial charge < -0.3 is 15.0 Å². The Morgan fingerprint density at radius 2 is 1.62 bits per heavy atom. The van der Waals surface area contributed by atoms with Crippen molar-refractivity contribution in [1.29, 1.82) is 5.26 Å². The van der Waals surface area contributed by atoms with Gasteiger partial charge in [-0.15, -0.1) is 0 Å². The highest BCUT2D eigenvalue weighted by molar-refractivity contribution is 5.94. The highest BCUT2D eigenvalue weighted by Gasteiger charge is 2.23. The van der Waals surface area contributed by atoms with Crippen molar-refractivity contribution in [3.8, 4) is 22.9 Å². The number of benzene rings is 2. The fourth-order valence-corrected chi connectivity index (χ4v) is 6.27. The average Bonchev–Trinajstić information content (AvgIpc) is 3.42. The summed E-state index contributed by atoms with van der Waals surface area (Å²) in [6, 6.07) is 16.1. The lowest BCUT2D eigenvalue weighted by atomic mass is 9.98. The van der Waals surface area contributed by atoms with Gasteiger partial charge in [-0.2, -0.15) is 5.26 Å². The maximum absolute atomic E-state index is 13.9. The van der Waals surface area contributed by atoms with Crippen LogP contribution in [0.3, 0.4) is 0 Å². The first-order valence-corrected chi connectivity index (χ1v) is 17.6. The molecule has 250 valence electrons. The first-order chi connectivity index (χ1) is 22.8. The van der Waals surface area contributed by atoms with E-state index in [0.717, 1.165) is 92.2 Å². The van der Waals surface area contributed by atoms with E-state index in [9.17, 15) is 14.9 Å². The van der Waals surface area contributed by atoms with Crippen LogP contribution >= 0.6 is 0 Å². The molecule has 0 spiro atoms. The molecule has 2 heterocycles. The molecule has 0 aliphatic carbocycles. The van der Waals surface area contributed by atoms with Crippen molar-refractivity contribution < 1.29 is 9.53 Å². The monoisotopic (exact) mass is 636 g/mol. The number of aromatic nitrogens is 2. The van der Waals surface area contributed by atoms with Crippen LogP contribution < -0.4 is 15.6 Å². The summed E-state index contributed by atoms with van der Waals surface area (Å²) in [4.78, 5) is 30.3. The minimum Gasteiger partial charge on any atom is -0.480 e. The zero-order valence-electron chi connectivity index (χ0n) is 29.0. The minimum absolute atomic E-state index is 0.242. The predicted octanol–water partition coefficient (Wildman–Crippen LogP) is 9.61. The number of carbonyl (C=O) groups excluding carboxylic acids is 1. The van der Waals surface area contributed by atoms with Crippen molar-refractivity contribution in [1.82, 2.24) is 9.38 Å². The molecule has 4 rings (SSSR count). The Morgan fingerprint density at radius 3 is 2.32 bits per heavy atom. The van der Waals surface area contributed by atoms with Gasteiger partial charge in [-0.3, -0.25) is 14.0 Å². The number of fused-ring (bicyclic) bond motifs is 1. The van der Waals surface area contributed by atoms with Gasteiger partial charge >= 0.3 is 0 Å². The van der Waals surface area contributed by atoms with Crippen molar-refractivity contribution in [2.45, 2.75) is 124 Å². The number of nitrogens with one attached hydrogen (secondary N) is 2. The molecule has 2 aromatic heterocycles. The largest absolute Gasteiger partial charge is 0.480 e. The van der Waals surface area contributed by atoms with Gasteiger partial charge in [-0.25, -0.2) is 0 Å². The Hall–Kier alpha value is -4.31. The number of amides is 1. The van der Waals surface area contributed by atoms with Crippen LogP contribution in [0.25, 0.3) is 16.8 Å². The predicted molar refractivity (Wildman–Crippen MR) is 192 cm³/mol. The number of nitrogens with zero attached hydrogens (tertiary/aromatic N) is 2. The lowest BCUT2D eigenvalue weighted by Gasteiger charge is -2.21. The Bertz CT molecular complexity index is 1740. The van der Waals surface area contributed by atoms with Crippen LogP contribution in [-0.4, -0.2) is 21.4 Å². The summed E-state index contributed by atoms with van der Waals surface area (Å²) in [5.74, 6) is 0.690. The molecular formula is C40H52N4O3. The molecular weight excluding hydrogens is 584 g/mol. The lowest BCUT2D eigenvalue weighted by molar-refractivity contribution is -0.123. The van der Waals surface area contributed by atoms with Crippen LogP contribution in [-0.2, 0) is 17.6 Å². The molecule has 0 aliphatic heterocycles. The number of rotatable bonds is 18. The molecule has 0 saturated heterocycles. The third kappa shape index (κ3) is 9.38. The van der Waals surface area contributed by atoms with Gasteiger partial charge in [0.25, 0.3) is 11.5 Å². The smallest absolute Gasteiger partial charge is 0.266 e. The van der Waals surface area contributed by atoms with Crippen LogP contribution in [0.5, 0.6) is 5.75 Å². The van der Waals surface area contributed by atoms with Gasteiger partial charge in [0, 0.05) is 17.8 Å². The molecule has 0 saturated carbocycles. The first kappa shape index (κ1) is 35.5. The number of hydrogen-bond acceptors (Lipinski definition) is 4. The second-order valence-corrected chi connectivity index (χ2v) is 12.9. The summed E-state index contributed by atoms with van der Waals surface area (Å²) in [5.41, 5.74) is 6.54. The molecule has 1 unspecified atom stereocenters. The third-order valence-electron chi connectivity index (χ3n) is 8.93. The van der Waals surface area contributed by atoms with Crippen LogP contribution in [0.2, 0.25) is 0 Å².